The summed E-state index contributed by atoms with van der Waals surface area (Å²) in [4.78, 5) is 2.84. The van der Waals surface area contributed by atoms with Crippen molar-refractivity contribution in [1.82, 2.24) is 10.2 Å². The second kappa shape index (κ2) is 7.43. The van der Waals surface area contributed by atoms with Gasteiger partial charge in [0.15, 0.2) is 0 Å². The molecule has 1 saturated carbocycles. The van der Waals surface area contributed by atoms with E-state index < -0.39 is 0 Å². The zero-order chi connectivity index (χ0) is 15.3. The predicted octanol–water partition coefficient (Wildman–Crippen LogP) is 3.44. The smallest absolute Gasteiger partial charge is 0.0462 e. The molecule has 0 bridgehead atoms. The summed E-state index contributed by atoms with van der Waals surface area (Å²) in [7, 11) is 1.81. The summed E-state index contributed by atoms with van der Waals surface area (Å²) in [5.41, 5.74) is 0.800. The van der Waals surface area contributed by atoms with E-state index in [9.17, 15) is 0 Å². The van der Waals surface area contributed by atoms with E-state index in [1.807, 2.05) is 7.11 Å². The first-order valence-corrected chi connectivity index (χ1v) is 8.95. The van der Waals surface area contributed by atoms with Gasteiger partial charge in [-0.1, -0.05) is 40.0 Å². The van der Waals surface area contributed by atoms with Gasteiger partial charge in [-0.05, 0) is 37.6 Å². The number of rotatable bonds is 5. The molecule has 3 nitrogen and oxygen atoms in total. The van der Waals surface area contributed by atoms with Crippen molar-refractivity contribution in [3.05, 3.63) is 0 Å². The van der Waals surface area contributed by atoms with Crippen LogP contribution in [0.1, 0.15) is 65.7 Å². The highest BCUT2D eigenvalue weighted by Gasteiger charge is 2.43. The Morgan fingerprint density at radius 1 is 1.14 bits per heavy atom. The van der Waals surface area contributed by atoms with Crippen molar-refractivity contribution in [1.29, 1.82) is 0 Å². The first-order valence-electron chi connectivity index (χ1n) is 8.95. The van der Waals surface area contributed by atoms with Crippen molar-refractivity contribution >= 4 is 0 Å². The van der Waals surface area contributed by atoms with Crippen molar-refractivity contribution in [2.45, 2.75) is 77.3 Å². The summed E-state index contributed by atoms with van der Waals surface area (Å²) in [6.45, 7) is 11.7. The number of hydrogen-bond acceptors (Lipinski definition) is 3. The molecule has 124 valence electrons. The van der Waals surface area contributed by atoms with Gasteiger partial charge in [-0.2, -0.15) is 0 Å². The SMILES string of the molecule is COCCCCN1CC(C(C)(C)C)NCC12CCCCC2. The molecule has 0 amide bonds. The topological polar surface area (TPSA) is 24.5 Å². The maximum Gasteiger partial charge on any atom is 0.0462 e. The van der Waals surface area contributed by atoms with Crippen LogP contribution < -0.4 is 5.32 Å². The van der Waals surface area contributed by atoms with Crippen molar-refractivity contribution < 1.29 is 4.74 Å². The average molecular weight is 296 g/mol. The summed E-state index contributed by atoms with van der Waals surface area (Å²) < 4.78 is 5.21. The van der Waals surface area contributed by atoms with E-state index in [-0.39, 0.29) is 0 Å². The summed E-state index contributed by atoms with van der Waals surface area (Å²) in [6, 6.07) is 0.618. The van der Waals surface area contributed by atoms with Crippen LogP contribution in [0.25, 0.3) is 0 Å². The van der Waals surface area contributed by atoms with Crippen LogP contribution in [0.3, 0.4) is 0 Å². The Kier molecular flexibility index (Phi) is 6.10. The summed E-state index contributed by atoms with van der Waals surface area (Å²) >= 11 is 0. The largest absolute Gasteiger partial charge is 0.385 e. The molecule has 1 N–H and O–H groups in total. The number of ether oxygens (including phenoxy) is 1. The van der Waals surface area contributed by atoms with Crippen LogP contribution in [0.15, 0.2) is 0 Å². The van der Waals surface area contributed by atoms with Gasteiger partial charge in [0, 0.05) is 38.4 Å². The molecule has 3 heteroatoms. The molecule has 2 fully saturated rings. The maximum atomic E-state index is 5.21. The van der Waals surface area contributed by atoms with Crippen molar-refractivity contribution in [3.63, 3.8) is 0 Å². The summed E-state index contributed by atoms with van der Waals surface area (Å²) in [6.07, 6.45) is 9.50. The van der Waals surface area contributed by atoms with Crippen LogP contribution in [0.2, 0.25) is 0 Å². The minimum absolute atomic E-state index is 0.348. The van der Waals surface area contributed by atoms with Gasteiger partial charge in [0.25, 0.3) is 0 Å². The lowest BCUT2D eigenvalue weighted by molar-refractivity contribution is -0.0118. The molecule has 0 aromatic rings. The molecule has 2 rings (SSSR count). The molecular weight excluding hydrogens is 260 g/mol. The molecule has 0 aromatic carbocycles. The van der Waals surface area contributed by atoms with Crippen molar-refractivity contribution in [3.8, 4) is 0 Å². The lowest BCUT2D eigenvalue weighted by atomic mass is 9.75. The van der Waals surface area contributed by atoms with Gasteiger partial charge in [0.1, 0.15) is 0 Å². The number of methoxy groups -OCH3 is 1. The fourth-order valence-corrected chi connectivity index (χ4v) is 4.06. The Morgan fingerprint density at radius 3 is 2.48 bits per heavy atom. The third-order valence-electron chi connectivity index (χ3n) is 5.61. The summed E-state index contributed by atoms with van der Waals surface area (Å²) in [5.74, 6) is 0. The number of nitrogens with one attached hydrogen (secondary N) is 1. The number of nitrogens with zero attached hydrogens (tertiary/aromatic N) is 1. The molecule has 1 aliphatic carbocycles. The first kappa shape index (κ1) is 17.2. The fraction of sp³-hybridized carbons (Fsp3) is 1.00. The van der Waals surface area contributed by atoms with Crippen LogP contribution in [0.5, 0.6) is 0 Å². The van der Waals surface area contributed by atoms with E-state index >= 15 is 0 Å². The highest BCUT2D eigenvalue weighted by atomic mass is 16.5. The van der Waals surface area contributed by atoms with Gasteiger partial charge in [-0.15, -0.1) is 0 Å². The lowest BCUT2D eigenvalue weighted by Gasteiger charge is -2.54. The Bertz CT molecular complexity index is 305. The third kappa shape index (κ3) is 4.43. The van der Waals surface area contributed by atoms with Crippen LogP contribution in [-0.4, -0.2) is 49.8 Å². The van der Waals surface area contributed by atoms with E-state index in [0.717, 1.165) is 6.61 Å². The molecule has 1 aliphatic heterocycles. The second-order valence-corrected chi connectivity index (χ2v) is 8.23. The molecule has 0 radical (unpaired) electrons. The molecule has 1 atom stereocenters. The Labute approximate surface area is 131 Å². The van der Waals surface area contributed by atoms with Crippen molar-refractivity contribution in [2.24, 2.45) is 5.41 Å². The van der Waals surface area contributed by atoms with Crippen molar-refractivity contribution in [2.75, 3.05) is 33.4 Å². The quantitative estimate of drug-likeness (QED) is 0.787. The predicted molar refractivity (Wildman–Crippen MR) is 89.7 cm³/mol. The third-order valence-corrected chi connectivity index (χ3v) is 5.61. The number of unbranched alkanes of at least 4 members (excludes halogenated alkanes) is 1. The number of hydrogen-bond donors (Lipinski definition) is 1. The molecule has 1 unspecified atom stereocenters. The van der Waals surface area contributed by atoms with Gasteiger partial charge >= 0.3 is 0 Å². The minimum atomic E-state index is 0.348. The first-order chi connectivity index (χ1) is 9.98. The van der Waals surface area contributed by atoms with E-state index in [4.69, 9.17) is 4.74 Å². The normalized spacial score (nSPS) is 27.1. The van der Waals surface area contributed by atoms with E-state index in [1.165, 1.54) is 64.6 Å². The lowest BCUT2D eigenvalue weighted by Crippen LogP contribution is -2.67. The van der Waals surface area contributed by atoms with Gasteiger partial charge < -0.3 is 10.1 Å². The Hall–Kier alpha value is -0.120. The standard InChI is InChI=1S/C18H36N2O/c1-17(2,3)16-14-20(12-8-9-13-21-4)18(15-19-16)10-6-5-7-11-18/h16,19H,5-15H2,1-4H3. The van der Waals surface area contributed by atoms with Gasteiger partial charge in [-0.25, -0.2) is 0 Å². The zero-order valence-electron chi connectivity index (χ0n) is 14.7. The highest BCUT2D eigenvalue weighted by molar-refractivity contribution is 5.02. The fourth-order valence-electron chi connectivity index (χ4n) is 4.06. The Balaban J connectivity index is 1.99. The Morgan fingerprint density at radius 2 is 1.86 bits per heavy atom. The monoisotopic (exact) mass is 296 g/mol. The maximum absolute atomic E-state index is 5.21. The van der Waals surface area contributed by atoms with E-state index in [1.54, 1.807) is 0 Å². The van der Waals surface area contributed by atoms with E-state index in [2.05, 4.69) is 31.0 Å². The summed E-state index contributed by atoms with van der Waals surface area (Å²) in [5, 5.41) is 3.88. The highest BCUT2D eigenvalue weighted by Crippen LogP contribution is 2.37. The van der Waals surface area contributed by atoms with Crippen LogP contribution in [0, 0.1) is 5.41 Å². The molecule has 1 saturated heterocycles. The zero-order valence-corrected chi connectivity index (χ0v) is 14.7. The minimum Gasteiger partial charge on any atom is -0.385 e. The molecule has 1 spiro atoms. The molecular formula is C18H36N2O. The molecule has 0 aromatic heterocycles. The van der Waals surface area contributed by atoms with Gasteiger partial charge in [0.05, 0.1) is 0 Å². The molecule has 1 heterocycles. The number of piperazine rings is 1. The van der Waals surface area contributed by atoms with Gasteiger partial charge in [-0.3, -0.25) is 4.90 Å². The molecule has 21 heavy (non-hydrogen) atoms. The second-order valence-electron chi connectivity index (χ2n) is 8.23. The van der Waals surface area contributed by atoms with Crippen LogP contribution in [0.4, 0.5) is 0 Å². The van der Waals surface area contributed by atoms with Crippen LogP contribution >= 0.6 is 0 Å². The average Bonchev–Trinajstić information content (AvgIpc) is 2.45. The van der Waals surface area contributed by atoms with Gasteiger partial charge in [0.2, 0.25) is 0 Å². The molecule has 2 aliphatic rings. The van der Waals surface area contributed by atoms with Crippen LogP contribution in [-0.2, 0) is 4.74 Å². The van der Waals surface area contributed by atoms with E-state index in [0.29, 0.717) is 17.0 Å².